The molecule has 0 bridgehead atoms. The fourth-order valence-corrected chi connectivity index (χ4v) is 11.5. The summed E-state index contributed by atoms with van der Waals surface area (Å²) in [6, 6.07) is 78.5. The zero-order valence-corrected chi connectivity index (χ0v) is 35.7. The minimum atomic E-state index is 0.859. The molecule has 0 N–H and O–H groups in total. The first-order valence-corrected chi connectivity index (χ1v) is 22.8. The third-order valence-corrected chi connectivity index (χ3v) is 14.4. The molecule has 0 radical (unpaired) electrons. The SMILES string of the molecule is c1ccc(-n2c3ccccc3c3ccccc32)c(-c2cc(N(c3ccc(-c4cccc5c4oc4ccccc45)cc3)c3cccc4c3sc3ccccc34)cc3c2oc2ccccc23)c1. The summed E-state index contributed by atoms with van der Waals surface area (Å²) in [4.78, 5) is 2.44. The molecular formula is C60H36N2O2S. The molecule has 0 saturated carbocycles. The lowest BCUT2D eigenvalue weighted by Gasteiger charge is -2.27. The Hall–Kier alpha value is -8.38. The molecule has 0 unspecified atom stereocenters. The monoisotopic (exact) mass is 848 g/mol. The smallest absolute Gasteiger partial charge is 0.143 e. The minimum Gasteiger partial charge on any atom is -0.455 e. The van der Waals surface area contributed by atoms with Crippen LogP contribution in [0.1, 0.15) is 0 Å². The Morgan fingerprint density at radius 3 is 1.68 bits per heavy atom. The second-order valence-corrected chi connectivity index (χ2v) is 17.8. The van der Waals surface area contributed by atoms with Crippen molar-refractivity contribution in [3.05, 3.63) is 218 Å². The molecule has 0 amide bonds. The molecule has 0 aliphatic carbocycles. The van der Waals surface area contributed by atoms with Crippen LogP contribution in [0.3, 0.4) is 0 Å². The molecule has 4 nitrogen and oxygen atoms in total. The number of rotatable bonds is 6. The van der Waals surface area contributed by atoms with Crippen LogP contribution < -0.4 is 4.90 Å². The zero-order valence-electron chi connectivity index (χ0n) is 34.9. The molecule has 304 valence electrons. The number of hydrogen-bond acceptors (Lipinski definition) is 4. The Balaban J connectivity index is 1.04. The van der Waals surface area contributed by atoms with Crippen molar-refractivity contribution < 1.29 is 8.83 Å². The average Bonchev–Trinajstić information content (AvgIpc) is 4.14. The van der Waals surface area contributed by atoms with Gasteiger partial charge in [0.05, 0.1) is 27.1 Å². The highest BCUT2D eigenvalue weighted by Crippen LogP contribution is 2.49. The van der Waals surface area contributed by atoms with Gasteiger partial charge in [-0.15, -0.1) is 11.3 Å². The van der Waals surface area contributed by atoms with E-state index in [1.807, 2.05) is 23.5 Å². The molecule has 0 saturated heterocycles. The van der Waals surface area contributed by atoms with Gasteiger partial charge in [0.25, 0.3) is 0 Å². The number of benzene rings is 10. The zero-order chi connectivity index (χ0) is 42.6. The van der Waals surface area contributed by atoms with Crippen molar-refractivity contribution in [1.82, 2.24) is 4.57 Å². The number of fused-ring (bicyclic) bond motifs is 12. The second kappa shape index (κ2) is 14.1. The quantitative estimate of drug-likeness (QED) is 0.167. The van der Waals surface area contributed by atoms with Crippen LogP contribution in [-0.4, -0.2) is 4.57 Å². The first-order chi connectivity index (χ1) is 32.2. The molecule has 65 heavy (non-hydrogen) atoms. The number of anilines is 3. The van der Waals surface area contributed by atoms with Gasteiger partial charge in [-0.25, -0.2) is 0 Å². The van der Waals surface area contributed by atoms with E-state index in [0.717, 1.165) is 99.9 Å². The van der Waals surface area contributed by atoms with Crippen molar-refractivity contribution in [2.24, 2.45) is 0 Å². The van der Waals surface area contributed by atoms with Crippen molar-refractivity contribution in [2.45, 2.75) is 0 Å². The van der Waals surface area contributed by atoms with E-state index in [4.69, 9.17) is 8.83 Å². The molecule has 0 aliphatic rings. The maximum absolute atomic E-state index is 6.93. The van der Waals surface area contributed by atoms with Crippen LogP contribution in [0.5, 0.6) is 0 Å². The van der Waals surface area contributed by atoms with Gasteiger partial charge in [-0.1, -0.05) is 152 Å². The number of aromatic nitrogens is 1. The van der Waals surface area contributed by atoms with Gasteiger partial charge in [0.2, 0.25) is 0 Å². The van der Waals surface area contributed by atoms with Gasteiger partial charge in [-0.2, -0.15) is 0 Å². The Kier molecular flexibility index (Phi) is 7.82. The second-order valence-electron chi connectivity index (χ2n) is 16.8. The predicted molar refractivity (Wildman–Crippen MR) is 274 cm³/mol. The van der Waals surface area contributed by atoms with Gasteiger partial charge in [-0.05, 0) is 72.3 Å². The van der Waals surface area contributed by atoms with Gasteiger partial charge in [0.1, 0.15) is 22.3 Å². The lowest BCUT2D eigenvalue weighted by Crippen LogP contribution is -2.10. The van der Waals surface area contributed by atoms with Crippen molar-refractivity contribution in [2.75, 3.05) is 4.90 Å². The van der Waals surface area contributed by atoms with Gasteiger partial charge in [0, 0.05) is 75.9 Å². The molecule has 4 aromatic heterocycles. The van der Waals surface area contributed by atoms with Crippen LogP contribution in [0.4, 0.5) is 17.1 Å². The van der Waals surface area contributed by atoms with Crippen LogP contribution in [0.25, 0.3) is 114 Å². The number of furan rings is 2. The lowest BCUT2D eigenvalue weighted by molar-refractivity contribution is 0.669. The summed E-state index contributed by atoms with van der Waals surface area (Å²) in [6.07, 6.45) is 0. The van der Waals surface area contributed by atoms with E-state index in [9.17, 15) is 0 Å². The molecule has 5 heteroatoms. The summed E-state index contributed by atoms with van der Waals surface area (Å²) in [7, 11) is 0. The van der Waals surface area contributed by atoms with Gasteiger partial charge >= 0.3 is 0 Å². The van der Waals surface area contributed by atoms with E-state index in [0.29, 0.717) is 0 Å². The van der Waals surface area contributed by atoms with Crippen LogP contribution in [0.2, 0.25) is 0 Å². The Labute approximate surface area is 377 Å². The molecule has 14 rings (SSSR count). The van der Waals surface area contributed by atoms with Crippen LogP contribution in [0, 0.1) is 0 Å². The number of hydrogen-bond donors (Lipinski definition) is 0. The molecule has 0 atom stereocenters. The first-order valence-electron chi connectivity index (χ1n) is 22.0. The van der Waals surface area contributed by atoms with Crippen molar-refractivity contribution in [1.29, 1.82) is 0 Å². The summed E-state index contributed by atoms with van der Waals surface area (Å²) in [5.74, 6) is 0. The molecule has 4 heterocycles. The topological polar surface area (TPSA) is 34.5 Å². The average molecular weight is 849 g/mol. The third kappa shape index (κ3) is 5.43. The van der Waals surface area contributed by atoms with Crippen LogP contribution in [0.15, 0.2) is 227 Å². The summed E-state index contributed by atoms with van der Waals surface area (Å²) in [5, 5.41) is 9.34. The van der Waals surface area contributed by atoms with Crippen molar-refractivity contribution in [3.63, 3.8) is 0 Å². The van der Waals surface area contributed by atoms with Crippen molar-refractivity contribution in [3.8, 4) is 27.9 Å². The summed E-state index contributed by atoms with van der Waals surface area (Å²) in [5.41, 5.74) is 14.4. The van der Waals surface area contributed by atoms with Gasteiger partial charge < -0.3 is 18.3 Å². The fourth-order valence-electron chi connectivity index (χ4n) is 10.3. The fraction of sp³-hybridized carbons (Fsp3) is 0. The van der Waals surface area contributed by atoms with Gasteiger partial charge in [0.15, 0.2) is 0 Å². The molecule has 0 fully saturated rings. The standard InChI is InChI=1S/C60H36N2O2S/c1-7-24-51-41(15-1)42-16-2-8-25-52(42)62(51)53-26-9-3-17-43(53)49-35-39(36-50-45-19-5-11-29-56(45)64-59(49)50)61(54-27-14-23-48-46-20-6-12-30-57(46)65-60(48)54)38-33-31-37(32-34-38)40-21-13-22-47-44-18-4-10-28-55(44)63-58(40)47/h1-36H. The number of para-hydroxylation sites is 6. The predicted octanol–water partition coefficient (Wildman–Crippen LogP) is 17.8. The molecule has 0 aliphatic heterocycles. The third-order valence-electron chi connectivity index (χ3n) is 13.2. The van der Waals surface area contributed by atoms with E-state index in [1.165, 1.54) is 30.9 Å². The minimum absolute atomic E-state index is 0.859. The van der Waals surface area contributed by atoms with E-state index in [-0.39, 0.29) is 0 Å². The summed E-state index contributed by atoms with van der Waals surface area (Å²) < 4.78 is 18.4. The number of nitrogens with zero attached hydrogens (tertiary/aromatic N) is 2. The highest BCUT2D eigenvalue weighted by atomic mass is 32.1. The van der Waals surface area contributed by atoms with E-state index < -0.39 is 0 Å². The number of thiophene rings is 1. The highest BCUT2D eigenvalue weighted by molar-refractivity contribution is 7.26. The maximum atomic E-state index is 6.93. The lowest BCUT2D eigenvalue weighted by atomic mass is 9.98. The summed E-state index contributed by atoms with van der Waals surface area (Å²) >= 11 is 1.84. The van der Waals surface area contributed by atoms with E-state index in [2.05, 4.69) is 216 Å². The molecule has 0 spiro atoms. The normalized spacial score (nSPS) is 12.0. The Bertz CT molecular complexity index is 4150. The largest absolute Gasteiger partial charge is 0.455 e. The van der Waals surface area contributed by atoms with Crippen LogP contribution in [-0.2, 0) is 0 Å². The van der Waals surface area contributed by atoms with Gasteiger partial charge in [-0.3, -0.25) is 0 Å². The highest BCUT2D eigenvalue weighted by Gasteiger charge is 2.24. The van der Waals surface area contributed by atoms with E-state index >= 15 is 0 Å². The van der Waals surface area contributed by atoms with E-state index in [1.54, 1.807) is 0 Å². The Morgan fingerprint density at radius 2 is 0.923 bits per heavy atom. The molecule has 10 aromatic carbocycles. The maximum Gasteiger partial charge on any atom is 0.143 e. The molecule has 14 aromatic rings. The summed E-state index contributed by atoms with van der Waals surface area (Å²) in [6.45, 7) is 0. The van der Waals surface area contributed by atoms with Crippen molar-refractivity contribution >= 4 is 114 Å². The van der Waals surface area contributed by atoms with Crippen LogP contribution >= 0.6 is 11.3 Å². The Morgan fingerprint density at radius 1 is 0.369 bits per heavy atom. The first kappa shape index (κ1) is 36.1. The molecular weight excluding hydrogens is 813 g/mol.